The number of hydrogen-bond acceptors (Lipinski definition) is 5. The molecule has 1 heterocycles. The zero-order valence-electron chi connectivity index (χ0n) is 10.4. The number of rotatable bonds is 5. The van der Waals surface area contributed by atoms with Crippen LogP contribution in [0.15, 0.2) is 21.3 Å². The minimum atomic E-state index is -0.460. The molecule has 98 valence electrons. The number of H-pyrrole nitrogens is 1. The number of fused-ring (bicyclic) bond motifs is 1. The van der Waals surface area contributed by atoms with Crippen molar-refractivity contribution in [3.05, 3.63) is 22.7 Å². The molecule has 1 aromatic heterocycles. The lowest BCUT2D eigenvalue weighted by atomic mass is 10.2. The fourth-order valence-electron chi connectivity index (χ4n) is 1.82. The molecule has 18 heavy (non-hydrogen) atoms. The van der Waals surface area contributed by atoms with Crippen LogP contribution in [0.25, 0.3) is 11.1 Å². The first kappa shape index (κ1) is 12.9. The average Bonchev–Trinajstić information content (AvgIpc) is 2.68. The highest BCUT2D eigenvalue weighted by Crippen LogP contribution is 2.25. The molecule has 0 fully saturated rings. The number of anilines is 2. The van der Waals surface area contributed by atoms with Gasteiger partial charge in [0.1, 0.15) is 0 Å². The molecule has 0 saturated heterocycles. The van der Waals surface area contributed by atoms with Gasteiger partial charge in [-0.2, -0.15) is 11.8 Å². The second-order valence-electron chi connectivity index (χ2n) is 4.15. The second kappa shape index (κ2) is 5.39. The van der Waals surface area contributed by atoms with E-state index < -0.39 is 5.76 Å². The minimum absolute atomic E-state index is 0.360. The van der Waals surface area contributed by atoms with Gasteiger partial charge >= 0.3 is 5.76 Å². The summed E-state index contributed by atoms with van der Waals surface area (Å²) in [6, 6.07) is 3.85. The maximum atomic E-state index is 11.1. The Labute approximate surface area is 109 Å². The number of oxazole rings is 1. The van der Waals surface area contributed by atoms with Gasteiger partial charge < -0.3 is 15.5 Å². The third kappa shape index (κ3) is 2.64. The highest BCUT2D eigenvalue weighted by atomic mass is 32.2. The summed E-state index contributed by atoms with van der Waals surface area (Å²) in [5.74, 6) is 0.549. The Morgan fingerprint density at radius 1 is 1.56 bits per heavy atom. The molecule has 0 radical (unpaired) electrons. The standard InChI is InChI=1S/C12H17N3O2S/c1-3-7(6-18-2)14-9-5-10-11(4-8(9)13)17-12(16)15-10/h4-5,7,14H,3,6,13H2,1-2H3,(H,15,16). The Morgan fingerprint density at radius 3 is 3.00 bits per heavy atom. The summed E-state index contributed by atoms with van der Waals surface area (Å²) in [5, 5.41) is 3.39. The van der Waals surface area contributed by atoms with E-state index in [1.807, 2.05) is 6.07 Å². The number of aromatic amines is 1. The van der Waals surface area contributed by atoms with E-state index in [0.717, 1.165) is 17.9 Å². The Kier molecular flexibility index (Phi) is 3.86. The molecule has 1 unspecified atom stereocenters. The van der Waals surface area contributed by atoms with Crippen molar-refractivity contribution in [2.45, 2.75) is 19.4 Å². The summed E-state index contributed by atoms with van der Waals surface area (Å²) < 4.78 is 4.96. The van der Waals surface area contributed by atoms with Gasteiger partial charge in [0.05, 0.1) is 16.9 Å². The lowest BCUT2D eigenvalue weighted by molar-refractivity contribution is 0.555. The number of nitrogens with two attached hydrogens (primary N) is 1. The summed E-state index contributed by atoms with van der Waals surface area (Å²) in [5.41, 5.74) is 8.52. The summed E-state index contributed by atoms with van der Waals surface area (Å²) >= 11 is 1.79. The molecule has 0 aliphatic rings. The first-order chi connectivity index (χ1) is 8.63. The Bertz CT molecular complexity index is 591. The molecule has 1 aromatic carbocycles. The first-order valence-corrected chi connectivity index (χ1v) is 7.21. The predicted octanol–water partition coefficient (Wildman–Crippen LogP) is 2.26. The van der Waals surface area contributed by atoms with Crippen molar-refractivity contribution in [1.82, 2.24) is 4.98 Å². The van der Waals surface area contributed by atoms with Crippen LogP contribution < -0.4 is 16.8 Å². The number of benzene rings is 1. The maximum Gasteiger partial charge on any atom is 0.417 e. The highest BCUT2D eigenvalue weighted by Gasteiger charge is 2.10. The van der Waals surface area contributed by atoms with Crippen molar-refractivity contribution in [2.24, 2.45) is 0 Å². The topological polar surface area (TPSA) is 84.0 Å². The van der Waals surface area contributed by atoms with Gasteiger partial charge in [0.2, 0.25) is 0 Å². The Morgan fingerprint density at radius 2 is 2.33 bits per heavy atom. The van der Waals surface area contributed by atoms with Crippen LogP contribution in [0, 0.1) is 0 Å². The molecule has 0 amide bonds. The molecule has 6 heteroatoms. The normalized spacial score (nSPS) is 12.8. The zero-order valence-corrected chi connectivity index (χ0v) is 11.3. The van der Waals surface area contributed by atoms with Crippen molar-refractivity contribution >= 4 is 34.2 Å². The number of nitrogen functional groups attached to an aromatic ring is 1. The fraction of sp³-hybridized carbons (Fsp3) is 0.417. The van der Waals surface area contributed by atoms with Crippen LogP contribution in [0.5, 0.6) is 0 Å². The SMILES string of the molecule is CCC(CSC)Nc1cc2[nH]c(=O)oc2cc1N. The van der Waals surface area contributed by atoms with Gasteiger partial charge in [-0.15, -0.1) is 0 Å². The molecule has 4 N–H and O–H groups in total. The van der Waals surface area contributed by atoms with E-state index in [-0.39, 0.29) is 0 Å². The van der Waals surface area contributed by atoms with Gasteiger partial charge in [-0.3, -0.25) is 4.98 Å². The van der Waals surface area contributed by atoms with Crippen LogP contribution in [-0.2, 0) is 0 Å². The van der Waals surface area contributed by atoms with Gasteiger partial charge in [-0.1, -0.05) is 6.92 Å². The molecule has 2 rings (SSSR count). The Balaban J connectivity index is 2.31. The van der Waals surface area contributed by atoms with Gasteiger partial charge in [-0.05, 0) is 18.7 Å². The van der Waals surface area contributed by atoms with Crippen LogP contribution in [0.2, 0.25) is 0 Å². The number of aromatic nitrogens is 1. The van der Waals surface area contributed by atoms with E-state index in [9.17, 15) is 4.79 Å². The van der Waals surface area contributed by atoms with E-state index in [0.29, 0.717) is 22.8 Å². The van der Waals surface area contributed by atoms with Crippen molar-refractivity contribution in [1.29, 1.82) is 0 Å². The molecular weight excluding hydrogens is 250 g/mol. The van der Waals surface area contributed by atoms with E-state index in [1.54, 1.807) is 17.8 Å². The molecule has 5 nitrogen and oxygen atoms in total. The van der Waals surface area contributed by atoms with Crippen molar-refractivity contribution in [2.75, 3.05) is 23.1 Å². The van der Waals surface area contributed by atoms with E-state index in [2.05, 4.69) is 23.5 Å². The van der Waals surface area contributed by atoms with Crippen molar-refractivity contribution in [3.63, 3.8) is 0 Å². The summed E-state index contributed by atoms with van der Waals surface area (Å²) in [7, 11) is 0. The molecule has 0 spiro atoms. The third-order valence-corrected chi connectivity index (χ3v) is 3.55. The molecule has 1 atom stereocenters. The van der Waals surface area contributed by atoms with Gasteiger partial charge in [0.15, 0.2) is 5.58 Å². The summed E-state index contributed by atoms with van der Waals surface area (Å²) in [4.78, 5) is 13.7. The third-order valence-electron chi connectivity index (χ3n) is 2.81. The molecule has 0 bridgehead atoms. The van der Waals surface area contributed by atoms with Crippen LogP contribution in [0.3, 0.4) is 0 Å². The molecular formula is C12H17N3O2S. The van der Waals surface area contributed by atoms with Gasteiger partial charge in [-0.25, -0.2) is 4.79 Å². The number of nitrogens with one attached hydrogen (secondary N) is 2. The lowest BCUT2D eigenvalue weighted by Gasteiger charge is -2.18. The fourth-order valence-corrected chi connectivity index (χ4v) is 2.54. The van der Waals surface area contributed by atoms with Gasteiger partial charge in [0, 0.05) is 17.9 Å². The van der Waals surface area contributed by atoms with Crippen LogP contribution in [0.4, 0.5) is 11.4 Å². The largest absolute Gasteiger partial charge is 0.417 e. The summed E-state index contributed by atoms with van der Waals surface area (Å²) in [6.45, 7) is 2.13. The Hall–Kier alpha value is -1.56. The molecule has 2 aromatic rings. The molecule has 0 aliphatic heterocycles. The lowest BCUT2D eigenvalue weighted by Crippen LogP contribution is -2.21. The van der Waals surface area contributed by atoms with Gasteiger partial charge in [0.25, 0.3) is 0 Å². The zero-order chi connectivity index (χ0) is 13.1. The molecule has 0 aliphatic carbocycles. The quantitative estimate of drug-likeness (QED) is 0.724. The minimum Gasteiger partial charge on any atom is -0.408 e. The van der Waals surface area contributed by atoms with Crippen molar-refractivity contribution < 1.29 is 4.42 Å². The van der Waals surface area contributed by atoms with Crippen LogP contribution >= 0.6 is 11.8 Å². The maximum absolute atomic E-state index is 11.1. The van der Waals surface area contributed by atoms with Crippen molar-refractivity contribution in [3.8, 4) is 0 Å². The van der Waals surface area contributed by atoms with E-state index >= 15 is 0 Å². The summed E-state index contributed by atoms with van der Waals surface area (Å²) in [6.07, 6.45) is 3.09. The predicted molar refractivity (Wildman–Crippen MR) is 77.3 cm³/mol. The van der Waals surface area contributed by atoms with Crippen LogP contribution in [0.1, 0.15) is 13.3 Å². The number of thioether (sulfide) groups is 1. The second-order valence-corrected chi connectivity index (χ2v) is 5.07. The monoisotopic (exact) mass is 267 g/mol. The average molecular weight is 267 g/mol. The van der Waals surface area contributed by atoms with E-state index in [4.69, 9.17) is 10.2 Å². The molecule has 0 saturated carbocycles. The first-order valence-electron chi connectivity index (χ1n) is 5.81. The van der Waals surface area contributed by atoms with Crippen LogP contribution in [-0.4, -0.2) is 23.0 Å². The van der Waals surface area contributed by atoms with E-state index in [1.165, 1.54) is 0 Å². The highest BCUT2D eigenvalue weighted by molar-refractivity contribution is 7.98. The smallest absolute Gasteiger partial charge is 0.408 e. The number of hydrogen-bond donors (Lipinski definition) is 3.